The molecule has 0 atom stereocenters. The summed E-state index contributed by atoms with van der Waals surface area (Å²) in [7, 11) is -2.81. The first-order chi connectivity index (χ1) is 31.8. The van der Waals surface area contributed by atoms with Gasteiger partial charge in [-0.25, -0.2) is 0 Å². The zero-order chi connectivity index (χ0) is 42.5. The van der Waals surface area contributed by atoms with E-state index in [1.807, 2.05) is 0 Å². The first-order valence-electron chi connectivity index (χ1n) is 22.0. The average molecular weight is 834 g/mol. The van der Waals surface area contributed by atoms with Gasteiger partial charge in [0.15, 0.2) is 8.07 Å². The van der Waals surface area contributed by atoms with E-state index in [-0.39, 0.29) is 0 Å². The van der Waals surface area contributed by atoms with E-state index in [9.17, 15) is 0 Å². The molecule has 0 aliphatic rings. The minimum atomic E-state index is -2.81. The lowest BCUT2D eigenvalue weighted by atomic mass is 10.1. The second-order valence-corrected chi connectivity index (χ2v) is 20.3. The standard InChI is InChI=1S/C60H43N3Si/c1-4-20-49(21-5-1)64(50-22-6-2-7-23-50,51-24-8-3-9-25-51)52-26-18-19-48(43-52)61(44-35-39-46(40-36-44)62-57-31-14-10-27-53(57)54-28-11-15-32-58(54)62)45-37-41-47(42-38-45)63-59-33-16-12-29-55(59)56-30-13-17-34-60(56)63/h1-43H. The summed E-state index contributed by atoms with van der Waals surface area (Å²) in [4.78, 5) is 2.43. The van der Waals surface area contributed by atoms with E-state index in [0.29, 0.717) is 0 Å². The van der Waals surface area contributed by atoms with Gasteiger partial charge in [-0.15, -0.1) is 0 Å². The molecule has 0 aliphatic heterocycles. The molecule has 0 amide bonds. The van der Waals surface area contributed by atoms with Crippen LogP contribution in [0, 0.1) is 0 Å². The summed E-state index contributed by atoms with van der Waals surface area (Å²) >= 11 is 0. The molecule has 0 radical (unpaired) electrons. The molecule has 12 rings (SSSR count). The van der Waals surface area contributed by atoms with Crippen LogP contribution < -0.4 is 25.6 Å². The van der Waals surface area contributed by atoms with Crippen molar-refractivity contribution >= 4 is 89.5 Å². The van der Waals surface area contributed by atoms with Gasteiger partial charge in [-0.05, 0) is 106 Å². The van der Waals surface area contributed by atoms with Gasteiger partial charge in [-0.2, -0.15) is 0 Å². The van der Waals surface area contributed by atoms with E-state index in [1.165, 1.54) is 64.4 Å². The third kappa shape index (κ3) is 6.03. The molecular weight excluding hydrogens is 791 g/mol. The quantitative estimate of drug-likeness (QED) is 0.104. The Kier molecular flexibility index (Phi) is 9.17. The van der Waals surface area contributed by atoms with Crippen LogP contribution in [0.3, 0.4) is 0 Å². The number of hydrogen-bond acceptors (Lipinski definition) is 1. The van der Waals surface area contributed by atoms with Crippen molar-refractivity contribution in [1.82, 2.24) is 9.13 Å². The Morgan fingerprint density at radius 2 is 0.562 bits per heavy atom. The molecule has 0 spiro atoms. The molecule has 3 nitrogen and oxygen atoms in total. The van der Waals surface area contributed by atoms with Crippen LogP contribution in [0.5, 0.6) is 0 Å². The maximum Gasteiger partial charge on any atom is 0.179 e. The summed E-state index contributed by atoms with van der Waals surface area (Å²) < 4.78 is 4.78. The van der Waals surface area contributed by atoms with Crippen molar-refractivity contribution in [2.45, 2.75) is 0 Å². The maximum absolute atomic E-state index is 2.81. The Bertz CT molecular complexity index is 3230. The lowest BCUT2D eigenvalue weighted by molar-refractivity contribution is 1.17. The largest absolute Gasteiger partial charge is 0.311 e. The molecule has 0 saturated carbocycles. The van der Waals surface area contributed by atoms with Gasteiger partial charge >= 0.3 is 0 Å². The Labute approximate surface area is 374 Å². The molecule has 12 aromatic rings. The molecule has 2 aromatic heterocycles. The molecule has 0 bridgehead atoms. The van der Waals surface area contributed by atoms with Crippen LogP contribution in [-0.4, -0.2) is 17.2 Å². The first-order valence-corrected chi connectivity index (χ1v) is 24.0. The monoisotopic (exact) mass is 833 g/mol. The van der Waals surface area contributed by atoms with Crippen molar-refractivity contribution in [2.75, 3.05) is 4.90 Å². The van der Waals surface area contributed by atoms with Crippen LogP contribution >= 0.6 is 0 Å². The molecule has 0 N–H and O–H groups in total. The highest BCUT2D eigenvalue weighted by atomic mass is 28.3. The zero-order valence-corrected chi connectivity index (χ0v) is 36.2. The van der Waals surface area contributed by atoms with Crippen LogP contribution in [0.2, 0.25) is 0 Å². The van der Waals surface area contributed by atoms with Gasteiger partial charge < -0.3 is 14.0 Å². The SMILES string of the molecule is c1ccc([Si](c2ccccc2)(c2ccccc2)c2cccc(N(c3ccc(-n4c5ccccc5c5ccccc54)cc3)c3ccc(-n4c5ccccc5c5ccccc54)cc3)c2)cc1. The van der Waals surface area contributed by atoms with Crippen molar-refractivity contribution in [2.24, 2.45) is 0 Å². The van der Waals surface area contributed by atoms with E-state index in [0.717, 1.165) is 28.4 Å². The Morgan fingerprint density at radius 3 is 0.922 bits per heavy atom. The van der Waals surface area contributed by atoms with Gasteiger partial charge in [-0.3, -0.25) is 0 Å². The molecule has 10 aromatic carbocycles. The summed E-state index contributed by atoms with van der Waals surface area (Å²) in [6, 6.07) is 95.9. The van der Waals surface area contributed by atoms with E-state index in [2.05, 4.69) is 275 Å². The summed E-state index contributed by atoms with van der Waals surface area (Å²) in [5, 5.41) is 10.4. The second kappa shape index (κ2) is 15.6. The highest BCUT2D eigenvalue weighted by molar-refractivity contribution is 7.19. The van der Waals surface area contributed by atoms with Crippen LogP contribution in [0.4, 0.5) is 17.1 Å². The molecule has 302 valence electrons. The molecule has 64 heavy (non-hydrogen) atoms. The number of nitrogens with zero attached hydrogens (tertiary/aromatic N) is 3. The highest BCUT2D eigenvalue weighted by Crippen LogP contribution is 2.38. The van der Waals surface area contributed by atoms with Crippen molar-refractivity contribution in [3.05, 3.63) is 261 Å². The predicted octanol–water partition coefficient (Wildman–Crippen LogP) is 12.7. The molecule has 0 aliphatic carbocycles. The topological polar surface area (TPSA) is 13.1 Å². The van der Waals surface area contributed by atoms with Crippen LogP contribution in [0.25, 0.3) is 55.0 Å². The van der Waals surface area contributed by atoms with Gasteiger partial charge in [0.1, 0.15) is 0 Å². The van der Waals surface area contributed by atoms with Crippen molar-refractivity contribution in [3.63, 3.8) is 0 Å². The maximum atomic E-state index is 2.46. The Morgan fingerprint density at radius 1 is 0.250 bits per heavy atom. The predicted molar refractivity (Wildman–Crippen MR) is 273 cm³/mol. The van der Waals surface area contributed by atoms with E-state index in [1.54, 1.807) is 0 Å². The molecule has 0 unspecified atom stereocenters. The number of aromatic nitrogens is 2. The smallest absolute Gasteiger partial charge is 0.179 e. The van der Waals surface area contributed by atoms with Crippen LogP contribution in [-0.2, 0) is 0 Å². The summed E-state index contributed by atoms with van der Waals surface area (Å²) in [6.07, 6.45) is 0. The van der Waals surface area contributed by atoms with Crippen LogP contribution in [0.15, 0.2) is 261 Å². The summed E-state index contributed by atoms with van der Waals surface area (Å²) in [5.41, 5.74) is 10.3. The van der Waals surface area contributed by atoms with Crippen molar-refractivity contribution in [1.29, 1.82) is 0 Å². The third-order valence-corrected chi connectivity index (χ3v) is 17.8. The van der Waals surface area contributed by atoms with Gasteiger partial charge in [-0.1, -0.05) is 176 Å². The van der Waals surface area contributed by atoms with E-state index in [4.69, 9.17) is 0 Å². The average Bonchev–Trinajstić information content (AvgIpc) is 3.89. The molecular formula is C60H43N3Si. The molecule has 0 fully saturated rings. The fourth-order valence-corrected chi connectivity index (χ4v) is 15.1. The number of rotatable bonds is 9. The van der Waals surface area contributed by atoms with Crippen molar-refractivity contribution in [3.8, 4) is 11.4 Å². The Hall–Kier alpha value is -8.18. The van der Waals surface area contributed by atoms with E-state index >= 15 is 0 Å². The minimum absolute atomic E-state index is 1.08. The van der Waals surface area contributed by atoms with Crippen molar-refractivity contribution < 1.29 is 0 Å². The zero-order valence-electron chi connectivity index (χ0n) is 35.2. The van der Waals surface area contributed by atoms with Gasteiger partial charge in [0, 0.05) is 50.0 Å². The molecule has 0 saturated heterocycles. The van der Waals surface area contributed by atoms with Gasteiger partial charge in [0.2, 0.25) is 0 Å². The van der Waals surface area contributed by atoms with E-state index < -0.39 is 8.07 Å². The summed E-state index contributed by atoms with van der Waals surface area (Å²) in [5.74, 6) is 0. The lowest BCUT2D eigenvalue weighted by Crippen LogP contribution is -2.74. The number of para-hydroxylation sites is 4. The molecule has 4 heteroatoms. The van der Waals surface area contributed by atoms with Gasteiger partial charge in [0.05, 0.1) is 22.1 Å². The lowest BCUT2D eigenvalue weighted by Gasteiger charge is -2.35. The molecule has 2 heterocycles. The number of hydrogen-bond donors (Lipinski definition) is 0. The fourth-order valence-electron chi connectivity index (χ4n) is 10.3. The minimum Gasteiger partial charge on any atom is -0.311 e. The third-order valence-electron chi connectivity index (χ3n) is 13.1. The first kappa shape index (κ1) is 37.6. The summed E-state index contributed by atoms with van der Waals surface area (Å²) in [6.45, 7) is 0. The van der Waals surface area contributed by atoms with Crippen LogP contribution in [0.1, 0.15) is 0 Å². The second-order valence-electron chi connectivity index (χ2n) is 16.5. The highest BCUT2D eigenvalue weighted by Gasteiger charge is 2.41. The number of benzene rings is 10. The Balaban J connectivity index is 1.05. The number of anilines is 3. The van der Waals surface area contributed by atoms with Gasteiger partial charge in [0.25, 0.3) is 0 Å². The fraction of sp³-hybridized carbons (Fsp3) is 0. The number of fused-ring (bicyclic) bond motifs is 6. The normalized spacial score (nSPS) is 11.8.